The zero-order valence-electron chi connectivity index (χ0n) is 11.7. The summed E-state index contributed by atoms with van der Waals surface area (Å²) < 4.78 is 1.85. The Labute approximate surface area is 122 Å². The number of amides is 1. The van der Waals surface area contributed by atoms with Gasteiger partial charge in [0.05, 0.1) is 24.3 Å². The van der Waals surface area contributed by atoms with E-state index in [0.29, 0.717) is 12.1 Å². The van der Waals surface area contributed by atoms with Gasteiger partial charge in [0.1, 0.15) is 0 Å². The fourth-order valence-electron chi connectivity index (χ4n) is 2.39. The third kappa shape index (κ3) is 2.71. The maximum absolute atomic E-state index is 11.3. The predicted molar refractivity (Wildman–Crippen MR) is 77.9 cm³/mol. The minimum absolute atomic E-state index is 0.0437. The average Bonchev–Trinajstić information content (AvgIpc) is 2.96. The van der Waals surface area contributed by atoms with Crippen LogP contribution in [0.4, 0.5) is 0 Å². The Balaban J connectivity index is 1.85. The molecule has 2 aromatic rings. The van der Waals surface area contributed by atoms with Crippen LogP contribution in [-0.2, 0) is 11.4 Å². The van der Waals surface area contributed by atoms with Crippen molar-refractivity contribution in [3.8, 4) is 5.69 Å². The summed E-state index contributed by atoms with van der Waals surface area (Å²) in [5.74, 6) is 0.0663. The number of rotatable bonds is 3. The zero-order chi connectivity index (χ0) is 14.8. The summed E-state index contributed by atoms with van der Waals surface area (Å²) in [5.41, 5.74) is 6.00. The minimum Gasteiger partial charge on any atom is -0.390 e. The van der Waals surface area contributed by atoms with Crippen LogP contribution in [0.1, 0.15) is 24.6 Å². The first-order chi connectivity index (χ1) is 10.2. The highest BCUT2D eigenvalue weighted by Gasteiger charge is 2.21. The lowest BCUT2D eigenvalue weighted by molar-refractivity contribution is -0.121. The maximum Gasteiger partial charge on any atom is 0.240 e. The van der Waals surface area contributed by atoms with Gasteiger partial charge in [0, 0.05) is 24.2 Å². The van der Waals surface area contributed by atoms with Crippen LogP contribution in [0, 0.1) is 5.92 Å². The predicted octanol–water partition coefficient (Wildman–Crippen LogP) is 1.22. The van der Waals surface area contributed by atoms with Crippen LogP contribution >= 0.6 is 0 Å². The van der Waals surface area contributed by atoms with Crippen LogP contribution in [0.5, 0.6) is 0 Å². The van der Waals surface area contributed by atoms with Crippen molar-refractivity contribution in [3.05, 3.63) is 48.0 Å². The largest absolute Gasteiger partial charge is 0.390 e. The number of aliphatic hydroxyl groups excluding tert-OH is 1. The van der Waals surface area contributed by atoms with Crippen LogP contribution in [0.25, 0.3) is 5.69 Å². The second-order valence-corrected chi connectivity index (χ2v) is 5.11. The molecule has 108 valence electrons. The topological polar surface area (TPSA) is 79.5 Å². The summed E-state index contributed by atoms with van der Waals surface area (Å²) in [6, 6.07) is 7.87. The number of aliphatic hydroxyl groups is 1. The molecular weight excluding hydrogens is 268 g/mol. The normalized spacial score (nSPS) is 18.3. The first-order valence-corrected chi connectivity index (χ1v) is 6.78. The molecule has 6 nitrogen and oxygen atoms in total. The lowest BCUT2D eigenvalue weighted by atomic mass is 9.94. The van der Waals surface area contributed by atoms with E-state index in [2.05, 4.69) is 15.5 Å². The second-order valence-electron chi connectivity index (χ2n) is 5.11. The lowest BCUT2D eigenvalue weighted by Gasteiger charge is -2.19. The van der Waals surface area contributed by atoms with Gasteiger partial charge in [0.15, 0.2) is 0 Å². The van der Waals surface area contributed by atoms with Gasteiger partial charge in [-0.25, -0.2) is 10.4 Å². The van der Waals surface area contributed by atoms with Crippen LogP contribution < -0.4 is 5.43 Å². The van der Waals surface area contributed by atoms with E-state index in [0.717, 1.165) is 17.0 Å². The molecule has 0 saturated carbocycles. The quantitative estimate of drug-likeness (QED) is 0.889. The van der Waals surface area contributed by atoms with Crippen molar-refractivity contribution in [1.82, 2.24) is 15.0 Å². The third-order valence-corrected chi connectivity index (χ3v) is 3.52. The monoisotopic (exact) mass is 284 g/mol. The third-order valence-electron chi connectivity index (χ3n) is 3.52. The molecule has 1 aliphatic rings. The molecule has 1 atom stereocenters. The Kier molecular flexibility index (Phi) is 3.53. The van der Waals surface area contributed by atoms with E-state index in [9.17, 15) is 4.79 Å². The summed E-state index contributed by atoms with van der Waals surface area (Å²) >= 11 is 0. The molecule has 1 aromatic carbocycles. The van der Waals surface area contributed by atoms with Crippen molar-refractivity contribution in [2.24, 2.45) is 11.0 Å². The molecule has 0 fully saturated rings. The molecule has 0 aliphatic carbocycles. The molecule has 3 rings (SSSR count). The molecule has 21 heavy (non-hydrogen) atoms. The number of carbonyl (C=O) groups excluding carboxylic acids is 1. The molecule has 0 saturated heterocycles. The molecular formula is C15H16N4O2. The van der Waals surface area contributed by atoms with Gasteiger partial charge < -0.3 is 9.67 Å². The first-order valence-electron chi connectivity index (χ1n) is 6.78. The van der Waals surface area contributed by atoms with E-state index in [1.807, 2.05) is 35.8 Å². The number of hydrogen-bond donors (Lipinski definition) is 2. The zero-order valence-corrected chi connectivity index (χ0v) is 11.7. The molecule has 2 heterocycles. The van der Waals surface area contributed by atoms with Crippen LogP contribution in [-0.4, -0.2) is 26.3 Å². The van der Waals surface area contributed by atoms with Crippen molar-refractivity contribution in [3.63, 3.8) is 0 Å². The fourth-order valence-corrected chi connectivity index (χ4v) is 2.39. The summed E-state index contributed by atoms with van der Waals surface area (Å²) in [7, 11) is 0. The van der Waals surface area contributed by atoms with E-state index >= 15 is 0 Å². The number of nitrogens with one attached hydrogen (secondary N) is 1. The van der Waals surface area contributed by atoms with Gasteiger partial charge in [-0.2, -0.15) is 5.10 Å². The van der Waals surface area contributed by atoms with E-state index in [-0.39, 0.29) is 18.4 Å². The molecule has 1 aliphatic heterocycles. The van der Waals surface area contributed by atoms with Crippen molar-refractivity contribution in [2.75, 3.05) is 0 Å². The number of benzene rings is 1. The SMILES string of the molecule is CC1CC(=O)NN=C1c1ccc(-n2cnc(CO)c2)cc1. The standard InChI is InChI=1S/C15H16N4O2/c1-10-6-14(21)17-18-15(10)11-2-4-13(5-3-11)19-7-12(8-20)16-9-19/h2-5,7,9-10,20H,6,8H2,1H3,(H,17,21). The molecule has 1 amide bonds. The molecule has 6 heteroatoms. The Bertz CT molecular complexity index is 688. The number of nitrogens with zero attached hydrogens (tertiary/aromatic N) is 3. The lowest BCUT2D eigenvalue weighted by Crippen LogP contribution is -2.31. The molecule has 2 N–H and O–H groups in total. The first kappa shape index (κ1) is 13.5. The molecule has 0 radical (unpaired) electrons. The Morgan fingerprint density at radius 1 is 1.38 bits per heavy atom. The smallest absolute Gasteiger partial charge is 0.240 e. The van der Waals surface area contributed by atoms with E-state index in [1.54, 1.807) is 12.5 Å². The van der Waals surface area contributed by atoms with E-state index < -0.39 is 0 Å². The highest BCUT2D eigenvalue weighted by atomic mass is 16.3. The van der Waals surface area contributed by atoms with Gasteiger partial charge in [-0.05, 0) is 17.7 Å². The second kappa shape index (κ2) is 5.49. The van der Waals surface area contributed by atoms with Crippen LogP contribution in [0.15, 0.2) is 41.9 Å². The fraction of sp³-hybridized carbons (Fsp3) is 0.267. The van der Waals surface area contributed by atoms with Gasteiger partial charge in [-0.15, -0.1) is 0 Å². The summed E-state index contributed by atoms with van der Waals surface area (Å²) in [6.07, 6.45) is 3.92. The summed E-state index contributed by atoms with van der Waals surface area (Å²) in [5, 5.41) is 13.2. The molecule has 1 unspecified atom stereocenters. The Hall–Kier alpha value is -2.47. The van der Waals surface area contributed by atoms with Gasteiger partial charge in [0.2, 0.25) is 5.91 Å². The Morgan fingerprint density at radius 2 is 2.14 bits per heavy atom. The minimum atomic E-state index is -0.0703. The number of carbonyl (C=O) groups is 1. The highest BCUT2D eigenvalue weighted by Crippen LogP contribution is 2.18. The average molecular weight is 284 g/mol. The number of aromatic nitrogens is 2. The van der Waals surface area contributed by atoms with Crippen molar-refractivity contribution in [2.45, 2.75) is 20.0 Å². The number of imidazole rings is 1. The van der Waals surface area contributed by atoms with Crippen LogP contribution in [0.3, 0.4) is 0 Å². The van der Waals surface area contributed by atoms with Gasteiger partial charge >= 0.3 is 0 Å². The summed E-state index contributed by atoms with van der Waals surface area (Å²) in [4.78, 5) is 15.4. The van der Waals surface area contributed by atoms with Gasteiger partial charge in [-0.1, -0.05) is 19.1 Å². The van der Waals surface area contributed by atoms with Gasteiger partial charge in [0.25, 0.3) is 0 Å². The van der Waals surface area contributed by atoms with Gasteiger partial charge in [-0.3, -0.25) is 4.79 Å². The number of hydrazone groups is 1. The highest BCUT2D eigenvalue weighted by molar-refractivity contribution is 6.05. The van der Waals surface area contributed by atoms with Crippen molar-refractivity contribution < 1.29 is 9.90 Å². The molecule has 0 bridgehead atoms. The van der Waals surface area contributed by atoms with E-state index in [1.165, 1.54) is 0 Å². The maximum atomic E-state index is 11.3. The van der Waals surface area contributed by atoms with Crippen molar-refractivity contribution in [1.29, 1.82) is 0 Å². The number of hydrogen-bond acceptors (Lipinski definition) is 4. The molecule has 0 spiro atoms. The summed E-state index contributed by atoms with van der Waals surface area (Å²) in [6.45, 7) is 1.92. The Morgan fingerprint density at radius 3 is 2.76 bits per heavy atom. The molecule has 1 aromatic heterocycles. The van der Waals surface area contributed by atoms with Crippen LogP contribution in [0.2, 0.25) is 0 Å². The van der Waals surface area contributed by atoms with E-state index in [4.69, 9.17) is 5.11 Å². The van der Waals surface area contributed by atoms with Crippen molar-refractivity contribution >= 4 is 11.6 Å².